The molecular formula is C8H12N4. The van der Waals surface area contributed by atoms with Crippen molar-refractivity contribution in [3.8, 4) is 0 Å². The molecule has 1 aliphatic rings. The smallest absolute Gasteiger partial charge is 0.115 e. The summed E-state index contributed by atoms with van der Waals surface area (Å²) in [6.45, 7) is 1.95. The van der Waals surface area contributed by atoms with E-state index in [0.29, 0.717) is 6.04 Å². The molecule has 4 nitrogen and oxygen atoms in total. The van der Waals surface area contributed by atoms with Crippen LogP contribution in [0.1, 0.15) is 6.42 Å². The van der Waals surface area contributed by atoms with Crippen molar-refractivity contribution < 1.29 is 0 Å². The SMILES string of the molecule is N[C@@H]1CCN(c2cncnc2)C1. The molecular weight excluding hydrogens is 152 g/mol. The minimum Gasteiger partial charge on any atom is -0.367 e. The van der Waals surface area contributed by atoms with Crippen molar-refractivity contribution in [1.82, 2.24) is 9.97 Å². The van der Waals surface area contributed by atoms with E-state index in [4.69, 9.17) is 5.73 Å². The summed E-state index contributed by atoms with van der Waals surface area (Å²) >= 11 is 0. The molecule has 1 fully saturated rings. The van der Waals surface area contributed by atoms with Crippen molar-refractivity contribution in [1.29, 1.82) is 0 Å². The highest BCUT2D eigenvalue weighted by molar-refractivity contribution is 5.42. The quantitative estimate of drug-likeness (QED) is 0.635. The first-order chi connectivity index (χ1) is 5.86. The average molecular weight is 164 g/mol. The molecule has 1 aromatic rings. The molecule has 2 heterocycles. The topological polar surface area (TPSA) is 55.0 Å². The van der Waals surface area contributed by atoms with Gasteiger partial charge in [-0.25, -0.2) is 9.97 Å². The zero-order chi connectivity index (χ0) is 8.39. The van der Waals surface area contributed by atoms with Crippen molar-refractivity contribution in [2.24, 2.45) is 5.73 Å². The zero-order valence-corrected chi connectivity index (χ0v) is 6.85. The zero-order valence-electron chi connectivity index (χ0n) is 6.85. The van der Waals surface area contributed by atoms with Gasteiger partial charge in [-0.2, -0.15) is 0 Å². The van der Waals surface area contributed by atoms with Gasteiger partial charge in [0.05, 0.1) is 18.1 Å². The molecule has 4 heteroatoms. The maximum atomic E-state index is 5.78. The van der Waals surface area contributed by atoms with E-state index in [1.165, 1.54) is 0 Å². The van der Waals surface area contributed by atoms with Gasteiger partial charge in [-0.05, 0) is 6.42 Å². The molecule has 0 spiro atoms. The third-order valence-corrected chi connectivity index (χ3v) is 2.14. The number of nitrogens with zero attached hydrogens (tertiary/aromatic N) is 3. The lowest BCUT2D eigenvalue weighted by Gasteiger charge is -2.16. The normalized spacial score (nSPS) is 23.1. The van der Waals surface area contributed by atoms with Crippen LogP contribution >= 0.6 is 0 Å². The minimum atomic E-state index is 0.310. The molecule has 2 rings (SSSR count). The van der Waals surface area contributed by atoms with Gasteiger partial charge in [0.1, 0.15) is 6.33 Å². The molecule has 12 heavy (non-hydrogen) atoms. The lowest BCUT2D eigenvalue weighted by Crippen LogP contribution is -2.26. The van der Waals surface area contributed by atoms with Crippen LogP contribution in [0.25, 0.3) is 0 Å². The third kappa shape index (κ3) is 1.38. The number of aromatic nitrogens is 2. The number of nitrogens with two attached hydrogens (primary N) is 1. The molecule has 0 aliphatic carbocycles. The lowest BCUT2D eigenvalue weighted by molar-refractivity contribution is 0.752. The molecule has 1 aliphatic heterocycles. The first kappa shape index (κ1) is 7.49. The summed E-state index contributed by atoms with van der Waals surface area (Å²) in [6, 6.07) is 0.310. The van der Waals surface area contributed by atoms with E-state index in [-0.39, 0.29) is 0 Å². The van der Waals surface area contributed by atoms with Crippen LogP contribution in [-0.2, 0) is 0 Å². The van der Waals surface area contributed by atoms with Crippen LogP contribution in [0, 0.1) is 0 Å². The van der Waals surface area contributed by atoms with Crippen molar-refractivity contribution in [2.75, 3.05) is 18.0 Å². The Kier molecular flexibility index (Phi) is 1.91. The summed E-state index contributed by atoms with van der Waals surface area (Å²) in [7, 11) is 0. The summed E-state index contributed by atoms with van der Waals surface area (Å²) in [5, 5.41) is 0. The van der Waals surface area contributed by atoms with Crippen LogP contribution in [0.4, 0.5) is 5.69 Å². The standard InChI is InChI=1S/C8H12N4/c9-7-1-2-12(5-7)8-3-10-6-11-4-8/h3-4,6-7H,1-2,5,9H2/t7-/m1/s1. The van der Waals surface area contributed by atoms with E-state index >= 15 is 0 Å². The highest BCUT2D eigenvalue weighted by Gasteiger charge is 2.19. The highest BCUT2D eigenvalue weighted by atomic mass is 15.2. The van der Waals surface area contributed by atoms with E-state index in [2.05, 4.69) is 14.9 Å². The molecule has 1 saturated heterocycles. The molecule has 2 N–H and O–H groups in total. The number of rotatable bonds is 1. The molecule has 1 atom stereocenters. The Morgan fingerprint density at radius 3 is 2.75 bits per heavy atom. The summed E-state index contributed by atoms with van der Waals surface area (Å²) < 4.78 is 0. The average Bonchev–Trinajstić information content (AvgIpc) is 2.54. The molecule has 1 aromatic heterocycles. The fourth-order valence-corrected chi connectivity index (χ4v) is 1.48. The third-order valence-electron chi connectivity index (χ3n) is 2.14. The Morgan fingerprint density at radius 2 is 2.17 bits per heavy atom. The van der Waals surface area contributed by atoms with E-state index in [9.17, 15) is 0 Å². The van der Waals surface area contributed by atoms with Crippen molar-refractivity contribution in [2.45, 2.75) is 12.5 Å². The Morgan fingerprint density at radius 1 is 1.42 bits per heavy atom. The van der Waals surface area contributed by atoms with Crippen LogP contribution in [0.3, 0.4) is 0 Å². The van der Waals surface area contributed by atoms with E-state index in [0.717, 1.165) is 25.2 Å². The van der Waals surface area contributed by atoms with Gasteiger partial charge >= 0.3 is 0 Å². The molecule has 64 valence electrons. The van der Waals surface area contributed by atoms with Crippen LogP contribution in [0.5, 0.6) is 0 Å². The Bertz CT molecular complexity index is 248. The van der Waals surface area contributed by atoms with Gasteiger partial charge < -0.3 is 10.6 Å². The van der Waals surface area contributed by atoms with Crippen molar-refractivity contribution in [3.63, 3.8) is 0 Å². The molecule has 0 saturated carbocycles. The Hall–Kier alpha value is -1.16. The van der Waals surface area contributed by atoms with E-state index in [1.807, 2.05) is 12.4 Å². The van der Waals surface area contributed by atoms with Gasteiger partial charge in [0, 0.05) is 19.1 Å². The predicted octanol–water partition coefficient (Wildman–Crippen LogP) is 0.0140. The first-order valence-electron chi connectivity index (χ1n) is 4.12. The predicted molar refractivity (Wildman–Crippen MR) is 46.8 cm³/mol. The van der Waals surface area contributed by atoms with Gasteiger partial charge in [0.15, 0.2) is 0 Å². The van der Waals surface area contributed by atoms with Gasteiger partial charge in [0.25, 0.3) is 0 Å². The van der Waals surface area contributed by atoms with Gasteiger partial charge in [0.2, 0.25) is 0 Å². The van der Waals surface area contributed by atoms with Gasteiger partial charge in [-0.1, -0.05) is 0 Å². The van der Waals surface area contributed by atoms with Crippen LogP contribution < -0.4 is 10.6 Å². The van der Waals surface area contributed by atoms with E-state index < -0.39 is 0 Å². The van der Waals surface area contributed by atoms with Crippen molar-refractivity contribution >= 4 is 5.69 Å². The fraction of sp³-hybridized carbons (Fsp3) is 0.500. The summed E-state index contributed by atoms with van der Waals surface area (Å²) in [4.78, 5) is 10.1. The summed E-state index contributed by atoms with van der Waals surface area (Å²) in [6.07, 6.45) is 6.25. The second-order valence-electron chi connectivity index (χ2n) is 3.09. The van der Waals surface area contributed by atoms with Crippen LogP contribution in [0.15, 0.2) is 18.7 Å². The molecule has 0 radical (unpaired) electrons. The Balaban J connectivity index is 2.11. The maximum absolute atomic E-state index is 5.78. The first-order valence-corrected chi connectivity index (χ1v) is 4.12. The fourth-order valence-electron chi connectivity index (χ4n) is 1.48. The van der Waals surface area contributed by atoms with E-state index in [1.54, 1.807) is 6.33 Å². The number of hydrogen-bond acceptors (Lipinski definition) is 4. The largest absolute Gasteiger partial charge is 0.367 e. The maximum Gasteiger partial charge on any atom is 0.115 e. The van der Waals surface area contributed by atoms with Gasteiger partial charge in [-0.3, -0.25) is 0 Å². The monoisotopic (exact) mass is 164 g/mol. The molecule has 0 amide bonds. The highest BCUT2D eigenvalue weighted by Crippen LogP contribution is 2.16. The summed E-state index contributed by atoms with van der Waals surface area (Å²) in [5.41, 5.74) is 6.85. The molecule has 0 bridgehead atoms. The van der Waals surface area contributed by atoms with Crippen molar-refractivity contribution in [3.05, 3.63) is 18.7 Å². The number of anilines is 1. The Labute approximate surface area is 71.4 Å². The van der Waals surface area contributed by atoms with Crippen LogP contribution in [-0.4, -0.2) is 29.1 Å². The lowest BCUT2D eigenvalue weighted by atomic mass is 10.3. The molecule has 0 unspecified atom stereocenters. The number of hydrogen-bond donors (Lipinski definition) is 1. The summed E-state index contributed by atoms with van der Waals surface area (Å²) in [5.74, 6) is 0. The minimum absolute atomic E-state index is 0.310. The molecule has 0 aromatic carbocycles. The van der Waals surface area contributed by atoms with Crippen LogP contribution in [0.2, 0.25) is 0 Å². The second-order valence-corrected chi connectivity index (χ2v) is 3.09. The second kappa shape index (κ2) is 3.06. The van der Waals surface area contributed by atoms with Gasteiger partial charge in [-0.15, -0.1) is 0 Å².